The number of guanidine groups is 1. The fourth-order valence-electron chi connectivity index (χ4n) is 2.59. The molecule has 0 aromatic rings. The van der Waals surface area contributed by atoms with E-state index in [1.807, 2.05) is 7.05 Å². The summed E-state index contributed by atoms with van der Waals surface area (Å²) in [4.78, 5) is 6.83. The summed E-state index contributed by atoms with van der Waals surface area (Å²) in [6.07, 6.45) is 6.71. The van der Waals surface area contributed by atoms with Crippen LogP contribution in [0.5, 0.6) is 0 Å². The number of halogens is 1. The lowest BCUT2D eigenvalue weighted by atomic mass is 10.2. The molecular formula is C15H33IN4O. The number of hydrogen-bond acceptors (Lipinski definition) is 3. The molecule has 1 saturated heterocycles. The maximum atomic E-state index is 5.11. The molecule has 1 fully saturated rings. The van der Waals surface area contributed by atoms with Gasteiger partial charge in [0.15, 0.2) is 5.96 Å². The van der Waals surface area contributed by atoms with E-state index in [2.05, 4.69) is 27.4 Å². The van der Waals surface area contributed by atoms with Gasteiger partial charge in [-0.05, 0) is 45.8 Å². The zero-order valence-corrected chi connectivity index (χ0v) is 16.2. The number of aliphatic imine (C=N–C) groups is 1. The standard InChI is InChI=1S/C15H32N4O.HI/c1-14(13-20-3)18-15(16-2)17-9-8-12-19-10-6-4-5-7-11-19;/h14H,4-13H2,1-3H3,(H2,16,17,18);1H. The van der Waals surface area contributed by atoms with E-state index in [0.717, 1.165) is 12.5 Å². The van der Waals surface area contributed by atoms with Crippen molar-refractivity contribution in [1.82, 2.24) is 15.5 Å². The predicted molar refractivity (Wildman–Crippen MR) is 101 cm³/mol. The van der Waals surface area contributed by atoms with Crippen LogP contribution in [0.25, 0.3) is 0 Å². The Morgan fingerprint density at radius 3 is 2.48 bits per heavy atom. The molecule has 1 unspecified atom stereocenters. The van der Waals surface area contributed by atoms with E-state index in [1.165, 1.54) is 51.7 Å². The summed E-state index contributed by atoms with van der Waals surface area (Å²) in [7, 11) is 3.53. The third kappa shape index (κ3) is 10.3. The average Bonchev–Trinajstić information content (AvgIpc) is 2.71. The van der Waals surface area contributed by atoms with Gasteiger partial charge in [-0.2, -0.15) is 0 Å². The van der Waals surface area contributed by atoms with Gasteiger partial charge in [0.2, 0.25) is 0 Å². The number of hydrogen-bond donors (Lipinski definition) is 2. The normalized spacial score (nSPS) is 18.5. The average molecular weight is 412 g/mol. The Bertz CT molecular complexity index is 268. The van der Waals surface area contributed by atoms with E-state index in [4.69, 9.17) is 4.74 Å². The van der Waals surface area contributed by atoms with Crippen LogP contribution in [0.15, 0.2) is 4.99 Å². The minimum atomic E-state index is 0. The zero-order chi connectivity index (χ0) is 14.6. The van der Waals surface area contributed by atoms with Crippen LogP contribution < -0.4 is 10.6 Å². The van der Waals surface area contributed by atoms with Crippen LogP contribution in [0.4, 0.5) is 0 Å². The topological polar surface area (TPSA) is 48.9 Å². The highest BCUT2D eigenvalue weighted by atomic mass is 127. The fourth-order valence-corrected chi connectivity index (χ4v) is 2.59. The van der Waals surface area contributed by atoms with E-state index in [1.54, 1.807) is 7.11 Å². The number of ether oxygens (including phenoxy) is 1. The molecule has 2 N–H and O–H groups in total. The summed E-state index contributed by atoms with van der Waals surface area (Å²) in [6, 6.07) is 0.275. The van der Waals surface area contributed by atoms with E-state index >= 15 is 0 Å². The van der Waals surface area contributed by atoms with Crippen LogP contribution in [-0.2, 0) is 4.74 Å². The van der Waals surface area contributed by atoms with Crippen molar-refractivity contribution in [1.29, 1.82) is 0 Å². The Morgan fingerprint density at radius 2 is 1.90 bits per heavy atom. The largest absolute Gasteiger partial charge is 0.383 e. The van der Waals surface area contributed by atoms with Gasteiger partial charge < -0.3 is 20.3 Å². The molecule has 0 spiro atoms. The van der Waals surface area contributed by atoms with Gasteiger partial charge in [0, 0.05) is 26.7 Å². The van der Waals surface area contributed by atoms with Crippen LogP contribution in [0, 0.1) is 0 Å². The molecule has 0 bridgehead atoms. The summed E-state index contributed by atoms with van der Waals surface area (Å²) in [5, 5.41) is 6.69. The Morgan fingerprint density at radius 1 is 1.24 bits per heavy atom. The Labute approximate surface area is 147 Å². The van der Waals surface area contributed by atoms with Gasteiger partial charge >= 0.3 is 0 Å². The molecule has 0 radical (unpaired) electrons. The minimum Gasteiger partial charge on any atom is -0.383 e. The number of rotatable bonds is 7. The van der Waals surface area contributed by atoms with Crippen molar-refractivity contribution in [2.45, 2.75) is 45.1 Å². The van der Waals surface area contributed by atoms with E-state index < -0.39 is 0 Å². The van der Waals surface area contributed by atoms with Gasteiger partial charge in [0.25, 0.3) is 0 Å². The van der Waals surface area contributed by atoms with Crippen molar-refractivity contribution < 1.29 is 4.74 Å². The molecule has 126 valence electrons. The van der Waals surface area contributed by atoms with Crippen molar-refractivity contribution in [3.8, 4) is 0 Å². The van der Waals surface area contributed by atoms with Gasteiger partial charge in [-0.15, -0.1) is 24.0 Å². The molecule has 0 aromatic heterocycles. The molecule has 0 aliphatic carbocycles. The second kappa shape index (κ2) is 13.6. The highest BCUT2D eigenvalue weighted by Gasteiger charge is 2.08. The Hall–Kier alpha value is -0.0800. The third-order valence-electron chi connectivity index (χ3n) is 3.67. The van der Waals surface area contributed by atoms with Crippen LogP contribution in [-0.4, -0.2) is 63.8 Å². The zero-order valence-electron chi connectivity index (χ0n) is 13.9. The maximum absolute atomic E-state index is 5.11. The van der Waals surface area contributed by atoms with Crippen molar-refractivity contribution in [2.75, 3.05) is 46.9 Å². The van der Waals surface area contributed by atoms with Crippen molar-refractivity contribution in [3.05, 3.63) is 0 Å². The van der Waals surface area contributed by atoms with E-state index in [9.17, 15) is 0 Å². The second-order valence-electron chi connectivity index (χ2n) is 5.61. The molecule has 21 heavy (non-hydrogen) atoms. The van der Waals surface area contributed by atoms with Gasteiger partial charge in [-0.25, -0.2) is 0 Å². The van der Waals surface area contributed by atoms with E-state index in [-0.39, 0.29) is 30.0 Å². The van der Waals surface area contributed by atoms with Crippen LogP contribution >= 0.6 is 24.0 Å². The monoisotopic (exact) mass is 412 g/mol. The summed E-state index contributed by atoms with van der Waals surface area (Å²) >= 11 is 0. The van der Waals surface area contributed by atoms with Gasteiger partial charge in [0.1, 0.15) is 0 Å². The van der Waals surface area contributed by atoms with Crippen molar-refractivity contribution >= 4 is 29.9 Å². The first kappa shape index (κ1) is 20.9. The molecule has 1 aliphatic rings. The van der Waals surface area contributed by atoms with Crippen LogP contribution in [0.3, 0.4) is 0 Å². The van der Waals surface area contributed by atoms with Gasteiger partial charge in [-0.1, -0.05) is 12.8 Å². The minimum absolute atomic E-state index is 0. The quantitative estimate of drug-likeness (QED) is 0.291. The maximum Gasteiger partial charge on any atom is 0.191 e. The Kier molecular flexibility index (Phi) is 13.5. The number of likely N-dealkylation sites (tertiary alicyclic amines) is 1. The highest BCUT2D eigenvalue weighted by Crippen LogP contribution is 2.09. The molecule has 1 aliphatic heterocycles. The lowest BCUT2D eigenvalue weighted by Gasteiger charge is -2.21. The molecule has 1 rings (SSSR count). The van der Waals surface area contributed by atoms with Crippen LogP contribution in [0.2, 0.25) is 0 Å². The van der Waals surface area contributed by atoms with Crippen molar-refractivity contribution in [3.63, 3.8) is 0 Å². The molecule has 0 amide bonds. The third-order valence-corrected chi connectivity index (χ3v) is 3.67. The highest BCUT2D eigenvalue weighted by molar-refractivity contribution is 14.0. The van der Waals surface area contributed by atoms with Gasteiger partial charge in [0.05, 0.1) is 6.61 Å². The first-order valence-corrected chi connectivity index (χ1v) is 7.94. The molecular weight excluding hydrogens is 379 g/mol. The molecule has 0 aromatic carbocycles. The molecule has 5 nitrogen and oxygen atoms in total. The SMILES string of the molecule is CN=C(NCCCN1CCCCCC1)NC(C)COC.I. The molecule has 6 heteroatoms. The summed E-state index contributed by atoms with van der Waals surface area (Å²) in [5.41, 5.74) is 0. The van der Waals surface area contributed by atoms with Crippen molar-refractivity contribution in [2.24, 2.45) is 4.99 Å². The fraction of sp³-hybridized carbons (Fsp3) is 0.933. The first-order chi connectivity index (χ1) is 9.76. The number of methoxy groups -OCH3 is 1. The summed E-state index contributed by atoms with van der Waals surface area (Å²) < 4.78 is 5.11. The lowest BCUT2D eigenvalue weighted by Crippen LogP contribution is -2.44. The van der Waals surface area contributed by atoms with Crippen LogP contribution in [0.1, 0.15) is 39.0 Å². The number of nitrogens with one attached hydrogen (secondary N) is 2. The predicted octanol–water partition coefficient (Wildman–Crippen LogP) is 2.07. The summed E-state index contributed by atoms with van der Waals surface area (Å²) in [5.74, 6) is 0.866. The molecule has 1 atom stereocenters. The first-order valence-electron chi connectivity index (χ1n) is 7.94. The van der Waals surface area contributed by atoms with Gasteiger partial charge in [-0.3, -0.25) is 4.99 Å². The molecule has 1 heterocycles. The van der Waals surface area contributed by atoms with E-state index in [0.29, 0.717) is 6.61 Å². The number of nitrogens with zero attached hydrogens (tertiary/aromatic N) is 2. The summed E-state index contributed by atoms with van der Waals surface area (Å²) in [6.45, 7) is 7.49. The second-order valence-corrected chi connectivity index (χ2v) is 5.61. The smallest absolute Gasteiger partial charge is 0.191 e. The Balaban J connectivity index is 0.00000400. The molecule has 0 saturated carbocycles. The lowest BCUT2D eigenvalue weighted by molar-refractivity contribution is 0.179.